The predicted octanol–water partition coefficient (Wildman–Crippen LogP) is 2.86. The van der Waals surface area contributed by atoms with Crippen LogP contribution in [0, 0.1) is 25.2 Å². The molecule has 1 N–H and O–H groups in total. The third-order valence-electron chi connectivity index (χ3n) is 6.16. The molecule has 1 aromatic rings. The summed E-state index contributed by atoms with van der Waals surface area (Å²) in [6.45, 7) is 9.71. The van der Waals surface area contributed by atoms with Crippen molar-refractivity contribution in [2.75, 3.05) is 6.54 Å². The molecule has 154 valence electrons. The number of hydrogen-bond acceptors (Lipinski definition) is 6. The topological polar surface area (TPSA) is 102 Å². The SMILES string of the molecule is Cc1noc(C)c1COC(=O)CN1C(=O)NC2(CCC(C(C)(C)C)CC2)C1=O. The second kappa shape index (κ2) is 7.22. The summed E-state index contributed by atoms with van der Waals surface area (Å²) in [5.41, 5.74) is 0.646. The van der Waals surface area contributed by atoms with Crippen LogP contribution in [-0.2, 0) is 20.9 Å². The number of carbonyl (C=O) groups excluding carboxylic acids is 3. The first-order valence-electron chi connectivity index (χ1n) is 9.75. The van der Waals surface area contributed by atoms with Crippen LogP contribution in [0.2, 0.25) is 0 Å². The Kier molecular flexibility index (Phi) is 5.25. The third-order valence-corrected chi connectivity index (χ3v) is 6.16. The van der Waals surface area contributed by atoms with Crippen LogP contribution < -0.4 is 5.32 Å². The standard InChI is InChI=1S/C20H29N3O5/c1-12-15(13(2)28-22-12)11-27-16(24)10-23-17(25)20(21-18(23)26)8-6-14(7-9-20)19(3,4)5/h14H,6-11H2,1-5H3,(H,21,26). The molecule has 1 spiro atoms. The highest BCUT2D eigenvalue weighted by molar-refractivity contribution is 6.08. The van der Waals surface area contributed by atoms with E-state index >= 15 is 0 Å². The maximum atomic E-state index is 12.9. The molecule has 0 atom stereocenters. The Bertz CT molecular complexity index is 765. The number of rotatable bonds is 4. The first-order valence-corrected chi connectivity index (χ1v) is 9.75. The molecule has 8 nitrogen and oxygen atoms in total. The molecule has 2 aliphatic rings. The summed E-state index contributed by atoms with van der Waals surface area (Å²) < 4.78 is 10.3. The average molecular weight is 391 g/mol. The lowest BCUT2D eigenvalue weighted by atomic mass is 9.67. The Morgan fingerprint density at radius 3 is 2.46 bits per heavy atom. The maximum Gasteiger partial charge on any atom is 0.326 e. The van der Waals surface area contributed by atoms with Gasteiger partial charge in [-0.1, -0.05) is 25.9 Å². The van der Waals surface area contributed by atoms with Crippen molar-refractivity contribution >= 4 is 17.9 Å². The molecule has 2 heterocycles. The second-order valence-electron chi connectivity index (χ2n) is 9.01. The summed E-state index contributed by atoms with van der Waals surface area (Å²) in [4.78, 5) is 38.5. The molecule has 28 heavy (non-hydrogen) atoms. The van der Waals surface area contributed by atoms with Gasteiger partial charge in [-0.25, -0.2) is 4.79 Å². The maximum absolute atomic E-state index is 12.9. The van der Waals surface area contributed by atoms with E-state index in [1.807, 2.05) is 0 Å². The summed E-state index contributed by atoms with van der Waals surface area (Å²) in [7, 11) is 0. The number of aryl methyl sites for hydroxylation is 2. The smallest absolute Gasteiger partial charge is 0.326 e. The third kappa shape index (κ3) is 3.77. The van der Waals surface area contributed by atoms with E-state index in [-0.39, 0.29) is 17.9 Å². The van der Waals surface area contributed by atoms with Gasteiger partial charge in [0, 0.05) is 0 Å². The summed E-state index contributed by atoms with van der Waals surface area (Å²) in [6.07, 6.45) is 2.95. The van der Waals surface area contributed by atoms with Crippen LogP contribution in [0.4, 0.5) is 4.79 Å². The number of urea groups is 1. The minimum absolute atomic E-state index is 0.00204. The van der Waals surface area contributed by atoms with Crippen molar-refractivity contribution in [2.24, 2.45) is 11.3 Å². The number of nitrogens with one attached hydrogen (secondary N) is 1. The summed E-state index contributed by atoms with van der Waals surface area (Å²) >= 11 is 0. The van der Waals surface area contributed by atoms with Crippen LogP contribution in [0.3, 0.4) is 0 Å². The summed E-state index contributed by atoms with van der Waals surface area (Å²) in [6, 6.07) is -0.520. The van der Waals surface area contributed by atoms with Crippen molar-refractivity contribution in [2.45, 2.75) is 72.4 Å². The molecule has 3 amide bonds. The van der Waals surface area contributed by atoms with Crippen molar-refractivity contribution in [1.29, 1.82) is 0 Å². The summed E-state index contributed by atoms with van der Waals surface area (Å²) in [5, 5.41) is 6.65. The first kappa shape index (κ1) is 20.4. The van der Waals surface area contributed by atoms with Crippen molar-refractivity contribution in [3.63, 3.8) is 0 Å². The zero-order valence-electron chi connectivity index (χ0n) is 17.3. The van der Waals surface area contributed by atoms with Gasteiger partial charge in [0.2, 0.25) is 0 Å². The lowest BCUT2D eigenvalue weighted by molar-refractivity contribution is -0.149. The lowest BCUT2D eigenvalue weighted by Crippen LogP contribution is -2.50. The van der Waals surface area contributed by atoms with Crippen molar-refractivity contribution < 1.29 is 23.6 Å². The van der Waals surface area contributed by atoms with Gasteiger partial charge in [0.25, 0.3) is 5.91 Å². The van der Waals surface area contributed by atoms with Crippen LogP contribution in [0.25, 0.3) is 0 Å². The van der Waals surface area contributed by atoms with Crippen LogP contribution in [0.15, 0.2) is 4.52 Å². The molecule has 0 aromatic carbocycles. The Balaban J connectivity index is 1.59. The molecular weight excluding hydrogens is 362 g/mol. The van der Waals surface area contributed by atoms with Gasteiger partial charge < -0.3 is 14.6 Å². The van der Waals surface area contributed by atoms with E-state index in [2.05, 4.69) is 31.2 Å². The monoisotopic (exact) mass is 391 g/mol. The van der Waals surface area contributed by atoms with Crippen molar-refractivity contribution in [3.05, 3.63) is 17.0 Å². The molecule has 1 saturated heterocycles. The van der Waals surface area contributed by atoms with Crippen molar-refractivity contribution in [1.82, 2.24) is 15.4 Å². The van der Waals surface area contributed by atoms with Crippen LogP contribution in [0.5, 0.6) is 0 Å². The van der Waals surface area contributed by atoms with E-state index < -0.39 is 24.1 Å². The molecular formula is C20H29N3O5. The normalized spacial score (nSPS) is 25.3. The van der Waals surface area contributed by atoms with E-state index in [0.29, 0.717) is 35.8 Å². The molecule has 0 unspecified atom stereocenters. The number of ether oxygens (including phenoxy) is 1. The predicted molar refractivity (Wildman–Crippen MR) is 100 cm³/mol. The molecule has 8 heteroatoms. The quantitative estimate of drug-likeness (QED) is 0.625. The fraction of sp³-hybridized carbons (Fsp3) is 0.700. The second-order valence-corrected chi connectivity index (χ2v) is 9.01. The number of nitrogens with zero attached hydrogens (tertiary/aromatic N) is 2. The molecule has 3 rings (SSSR count). The summed E-state index contributed by atoms with van der Waals surface area (Å²) in [5.74, 6) is 0.134. The van der Waals surface area contributed by atoms with Crippen molar-refractivity contribution in [3.8, 4) is 0 Å². The first-order chi connectivity index (χ1) is 13.0. The Labute approximate surface area is 164 Å². The molecule has 1 aliphatic heterocycles. The zero-order valence-corrected chi connectivity index (χ0v) is 17.3. The van der Waals surface area contributed by atoms with E-state index in [0.717, 1.165) is 17.7 Å². The minimum atomic E-state index is -0.874. The Hall–Kier alpha value is -2.38. The number of aromatic nitrogens is 1. The van der Waals surface area contributed by atoms with Gasteiger partial charge in [0.05, 0.1) is 11.3 Å². The molecule has 0 bridgehead atoms. The van der Waals surface area contributed by atoms with Crippen LogP contribution >= 0.6 is 0 Å². The molecule has 1 saturated carbocycles. The highest BCUT2D eigenvalue weighted by Crippen LogP contribution is 2.43. The van der Waals surface area contributed by atoms with Crippen LogP contribution in [-0.4, -0.2) is 40.0 Å². The van der Waals surface area contributed by atoms with E-state index in [1.54, 1.807) is 13.8 Å². The highest BCUT2D eigenvalue weighted by atomic mass is 16.5. The fourth-order valence-corrected chi connectivity index (χ4v) is 4.17. The molecule has 2 fully saturated rings. The number of imide groups is 1. The van der Waals surface area contributed by atoms with E-state index in [1.165, 1.54) is 0 Å². The van der Waals surface area contributed by atoms with Gasteiger partial charge in [-0.05, 0) is 50.9 Å². The molecule has 0 radical (unpaired) electrons. The number of esters is 1. The lowest BCUT2D eigenvalue weighted by Gasteiger charge is -2.40. The van der Waals surface area contributed by atoms with Gasteiger partial charge in [-0.3, -0.25) is 14.5 Å². The average Bonchev–Trinajstić information content (AvgIpc) is 3.04. The Morgan fingerprint density at radius 2 is 1.93 bits per heavy atom. The van der Waals surface area contributed by atoms with E-state index in [4.69, 9.17) is 9.26 Å². The van der Waals surface area contributed by atoms with Crippen LogP contribution in [0.1, 0.15) is 63.5 Å². The molecule has 1 aliphatic carbocycles. The fourth-order valence-electron chi connectivity index (χ4n) is 4.17. The number of hydrogen-bond donors (Lipinski definition) is 1. The van der Waals surface area contributed by atoms with Gasteiger partial charge in [0.15, 0.2) is 0 Å². The Morgan fingerprint density at radius 1 is 1.29 bits per heavy atom. The molecule has 1 aromatic heterocycles. The number of carbonyl (C=O) groups is 3. The number of amides is 3. The minimum Gasteiger partial charge on any atom is -0.459 e. The zero-order chi connectivity index (χ0) is 20.7. The highest BCUT2D eigenvalue weighted by Gasteiger charge is 2.53. The van der Waals surface area contributed by atoms with Gasteiger partial charge in [-0.2, -0.15) is 0 Å². The van der Waals surface area contributed by atoms with Gasteiger partial charge in [-0.15, -0.1) is 0 Å². The largest absolute Gasteiger partial charge is 0.459 e. The van der Waals surface area contributed by atoms with Gasteiger partial charge in [0.1, 0.15) is 24.5 Å². The van der Waals surface area contributed by atoms with Gasteiger partial charge >= 0.3 is 12.0 Å². The van der Waals surface area contributed by atoms with E-state index in [9.17, 15) is 14.4 Å².